The van der Waals surface area contributed by atoms with Crippen molar-refractivity contribution in [2.75, 3.05) is 39.3 Å². The zero-order valence-electron chi connectivity index (χ0n) is 16.6. The highest BCUT2D eigenvalue weighted by Crippen LogP contribution is 2.24. The summed E-state index contributed by atoms with van der Waals surface area (Å²) < 4.78 is 42.2. The zero-order valence-corrected chi connectivity index (χ0v) is 17.3. The first-order valence-corrected chi connectivity index (χ1v) is 10.3. The number of halogens is 4. The fourth-order valence-corrected chi connectivity index (χ4v) is 4.02. The molecule has 1 amide bonds. The summed E-state index contributed by atoms with van der Waals surface area (Å²) in [7, 11) is 0. The van der Waals surface area contributed by atoms with E-state index in [0.29, 0.717) is 37.7 Å². The Morgan fingerprint density at radius 3 is 2.03 bits per heavy atom. The van der Waals surface area contributed by atoms with E-state index in [9.17, 15) is 18.0 Å². The number of rotatable bonds is 5. The maximum atomic E-state index is 12.6. The van der Waals surface area contributed by atoms with Gasteiger partial charge < -0.3 is 9.64 Å². The van der Waals surface area contributed by atoms with Crippen LogP contribution in [0.5, 0.6) is 0 Å². The molecular weight excluding hydrogens is 407 g/mol. The molecule has 3 rings (SSSR count). The molecule has 2 saturated heterocycles. The number of hydrogen-bond donors (Lipinski definition) is 0. The molecule has 1 aromatic carbocycles. The van der Waals surface area contributed by atoms with Crippen LogP contribution in [0.15, 0.2) is 18.2 Å². The van der Waals surface area contributed by atoms with Crippen molar-refractivity contribution in [3.63, 3.8) is 0 Å². The highest BCUT2D eigenvalue weighted by atomic mass is 35.5. The Labute approximate surface area is 174 Å². The van der Waals surface area contributed by atoms with Crippen LogP contribution < -0.4 is 0 Å². The second kappa shape index (κ2) is 9.53. The van der Waals surface area contributed by atoms with E-state index in [-0.39, 0.29) is 0 Å². The van der Waals surface area contributed by atoms with Gasteiger partial charge in [-0.1, -0.05) is 17.7 Å². The molecule has 0 aliphatic carbocycles. The number of nitrogens with zero attached hydrogens (tertiary/aromatic N) is 3. The Morgan fingerprint density at radius 1 is 1.00 bits per heavy atom. The Kier molecular flexibility index (Phi) is 7.29. The van der Waals surface area contributed by atoms with Gasteiger partial charge in [-0.2, -0.15) is 13.2 Å². The Hall–Kier alpha value is -1.51. The van der Waals surface area contributed by atoms with Crippen LogP contribution in [-0.2, 0) is 17.8 Å². The van der Waals surface area contributed by atoms with Crippen LogP contribution in [0, 0.1) is 0 Å². The summed E-state index contributed by atoms with van der Waals surface area (Å²) >= 11 is 6.30. The molecule has 1 aromatic rings. The molecule has 1 atom stereocenters. The molecule has 9 heteroatoms. The van der Waals surface area contributed by atoms with E-state index < -0.39 is 18.4 Å². The average Bonchev–Trinajstić information content (AvgIpc) is 3.14. The van der Waals surface area contributed by atoms with Gasteiger partial charge in [-0.05, 0) is 56.1 Å². The number of amides is 1. The minimum Gasteiger partial charge on any atom is -0.437 e. The lowest BCUT2D eigenvalue weighted by atomic mass is 10.1. The number of carbonyl (C=O) groups is 1. The maximum Gasteiger partial charge on any atom is 0.425 e. The largest absolute Gasteiger partial charge is 0.437 e. The first-order chi connectivity index (χ1) is 13.7. The fourth-order valence-electron chi connectivity index (χ4n) is 3.74. The van der Waals surface area contributed by atoms with Crippen molar-refractivity contribution in [2.24, 2.45) is 0 Å². The monoisotopic (exact) mass is 433 g/mol. The molecule has 0 radical (unpaired) electrons. The molecule has 2 heterocycles. The minimum absolute atomic E-state index is 0.338. The van der Waals surface area contributed by atoms with Gasteiger partial charge in [0.05, 0.1) is 0 Å². The summed E-state index contributed by atoms with van der Waals surface area (Å²) in [6.45, 7) is 6.48. The van der Waals surface area contributed by atoms with Crippen molar-refractivity contribution >= 4 is 17.7 Å². The first kappa shape index (κ1) is 22.2. The number of hydrogen-bond acceptors (Lipinski definition) is 4. The van der Waals surface area contributed by atoms with Crippen molar-refractivity contribution in [2.45, 2.75) is 45.1 Å². The molecule has 0 aromatic heterocycles. The summed E-state index contributed by atoms with van der Waals surface area (Å²) in [5.41, 5.74) is 2.30. The Bertz CT molecular complexity index is 703. The topological polar surface area (TPSA) is 36.0 Å². The summed E-state index contributed by atoms with van der Waals surface area (Å²) in [6.07, 6.45) is -5.08. The molecule has 2 fully saturated rings. The third-order valence-electron chi connectivity index (χ3n) is 5.40. The SMILES string of the molecule is CC(OC(=O)N1CCN(Cc2cc(Cl)cc(CN3CCCC3)c2)CC1)C(F)(F)F. The molecule has 2 aliphatic rings. The van der Waals surface area contributed by atoms with Crippen LogP contribution in [0.25, 0.3) is 0 Å². The van der Waals surface area contributed by atoms with Gasteiger partial charge in [-0.25, -0.2) is 4.79 Å². The predicted molar refractivity (Wildman–Crippen MR) is 105 cm³/mol. The standard InChI is InChI=1S/C20H27ClF3N3O2/c1-15(20(22,23)24)29-19(28)27-8-6-26(7-9-27)14-17-10-16(11-18(21)12-17)13-25-4-2-3-5-25/h10-12,15H,2-9,13-14H2,1H3. The maximum absolute atomic E-state index is 12.6. The van der Waals surface area contributed by atoms with Gasteiger partial charge in [-0.15, -0.1) is 0 Å². The van der Waals surface area contributed by atoms with Gasteiger partial charge in [0.25, 0.3) is 0 Å². The van der Waals surface area contributed by atoms with Crippen molar-refractivity contribution in [1.29, 1.82) is 0 Å². The molecule has 2 aliphatic heterocycles. The number of carbonyl (C=O) groups excluding carboxylic acids is 1. The second-order valence-electron chi connectivity index (χ2n) is 7.78. The van der Waals surface area contributed by atoms with Gasteiger partial charge >= 0.3 is 12.3 Å². The van der Waals surface area contributed by atoms with E-state index in [1.54, 1.807) is 0 Å². The van der Waals surface area contributed by atoms with E-state index in [0.717, 1.165) is 32.1 Å². The van der Waals surface area contributed by atoms with E-state index in [4.69, 9.17) is 11.6 Å². The van der Waals surface area contributed by atoms with E-state index in [1.165, 1.54) is 23.3 Å². The lowest BCUT2D eigenvalue weighted by Crippen LogP contribution is -2.49. The minimum atomic E-state index is -4.54. The van der Waals surface area contributed by atoms with E-state index in [1.807, 2.05) is 12.1 Å². The third-order valence-corrected chi connectivity index (χ3v) is 5.62. The van der Waals surface area contributed by atoms with Gasteiger partial charge in [-0.3, -0.25) is 9.80 Å². The summed E-state index contributed by atoms with van der Waals surface area (Å²) in [6, 6.07) is 6.11. The van der Waals surface area contributed by atoms with Crippen molar-refractivity contribution in [3.8, 4) is 0 Å². The second-order valence-corrected chi connectivity index (χ2v) is 8.22. The number of benzene rings is 1. The van der Waals surface area contributed by atoms with Crippen molar-refractivity contribution < 1.29 is 22.7 Å². The number of alkyl halides is 3. The van der Waals surface area contributed by atoms with Crippen molar-refractivity contribution in [1.82, 2.24) is 14.7 Å². The van der Waals surface area contributed by atoms with Crippen LogP contribution in [0.2, 0.25) is 5.02 Å². The normalized spacial score (nSPS) is 20.1. The van der Waals surface area contributed by atoms with Crippen LogP contribution in [0.3, 0.4) is 0 Å². The molecule has 1 unspecified atom stereocenters. The summed E-state index contributed by atoms with van der Waals surface area (Å²) in [5, 5.41) is 0.708. The smallest absolute Gasteiger partial charge is 0.425 e. The molecule has 0 bridgehead atoms. The highest BCUT2D eigenvalue weighted by Gasteiger charge is 2.40. The molecule has 29 heavy (non-hydrogen) atoms. The molecule has 0 N–H and O–H groups in total. The molecular formula is C20H27ClF3N3O2. The van der Waals surface area contributed by atoms with Crippen LogP contribution in [0.4, 0.5) is 18.0 Å². The van der Waals surface area contributed by atoms with Gasteiger partial charge in [0.1, 0.15) is 0 Å². The highest BCUT2D eigenvalue weighted by molar-refractivity contribution is 6.30. The predicted octanol–water partition coefficient (Wildman–Crippen LogP) is 4.14. The van der Waals surface area contributed by atoms with Gasteiger partial charge in [0, 0.05) is 44.3 Å². The number of likely N-dealkylation sites (tertiary alicyclic amines) is 1. The van der Waals surface area contributed by atoms with Crippen LogP contribution in [-0.4, -0.2) is 72.3 Å². The van der Waals surface area contributed by atoms with Crippen molar-refractivity contribution in [3.05, 3.63) is 34.3 Å². The lowest BCUT2D eigenvalue weighted by molar-refractivity contribution is -0.200. The van der Waals surface area contributed by atoms with Crippen LogP contribution >= 0.6 is 11.6 Å². The van der Waals surface area contributed by atoms with E-state index in [2.05, 4.69) is 20.6 Å². The third kappa shape index (κ3) is 6.49. The molecule has 0 saturated carbocycles. The molecule has 5 nitrogen and oxygen atoms in total. The molecule has 162 valence electrons. The quantitative estimate of drug-likeness (QED) is 0.699. The Balaban J connectivity index is 1.50. The first-order valence-electron chi connectivity index (χ1n) is 9.96. The lowest BCUT2D eigenvalue weighted by Gasteiger charge is -2.34. The fraction of sp³-hybridized carbons (Fsp3) is 0.650. The summed E-state index contributed by atoms with van der Waals surface area (Å²) in [4.78, 5) is 17.9. The zero-order chi connectivity index (χ0) is 21.0. The Morgan fingerprint density at radius 2 is 1.52 bits per heavy atom. The number of ether oxygens (including phenoxy) is 1. The molecule has 0 spiro atoms. The van der Waals surface area contributed by atoms with Gasteiger partial charge in [0.2, 0.25) is 0 Å². The number of piperazine rings is 1. The summed E-state index contributed by atoms with van der Waals surface area (Å²) in [5.74, 6) is 0. The van der Waals surface area contributed by atoms with E-state index >= 15 is 0 Å². The van der Waals surface area contributed by atoms with Crippen LogP contribution in [0.1, 0.15) is 30.9 Å². The average molecular weight is 434 g/mol. The van der Waals surface area contributed by atoms with Gasteiger partial charge in [0.15, 0.2) is 6.10 Å².